The first-order valence-electron chi connectivity index (χ1n) is 6.97. The topological polar surface area (TPSA) is 61.3 Å². The molecule has 0 aliphatic heterocycles. The second-order valence-corrected chi connectivity index (χ2v) is 4.50. The van der Waals surface area contributed by atoms with Gasteiger partial charge in [-0.1, -0.05) is 71.1 Å². The molecule has 3 nitrogen and oxygen atoms in total. The van der Waals surface area contributed by atoms with Gasteiger partial charge in [0.1, 0.15) is 0 Å². The van der Waals surface area contributed by atoms with Gasteiger partial charge >= 0.3 is 0 Å². The highest BCUT2D eigenvalue weighted by Gasteiger charge is 1.92. The second-order valence-electron chi connectivity index (χ2n) is 4.50. The number of hydrogen-bond donors (Lipinski definition) is 1. The van der Waals surface area contributed by atoms with Crippen molar-refractivity contribution in [2.24, 2.45) is 0 Å². The third-order valence-electron chi connectivity index (χ3n) is 2.93. The molecule has 3 N–H and O–H groups in total. The van der Waals surface area contributed by atoms with Crippen molar-refractivity contribution in [1.82, 2.24) is 6.15 Å². The molecule has 0 spiro atoms. The minimum absolute atomic E-state index is 0. The Kier molecular flexibility index (Phi) is 19.7. The minimum Gasteiger partial charge on any atom is -0.468 e. The molecule has 104 valence electrons. The molecule has 0 fully saturated rings. The average Bonchev–Trinajstić information content (AvgIpc) is 2.31. The van der Waals surface area contributed by atoms with E-state index in [0.29, 0.717) is 13.1 Å². The Labute approximate surface area is 107 Å². The van der Waals surface area contributed by atoms with Crippen LogP contribution in [0.25, 0.3) is 0 Å². The van der Waals surface area contributed by atoms with Crippen LogP contribution in [-0.4, -0.2) is 13.1 Å². The molecule has 0 bridgehead atoms. The number of rotatable bonds is 13. The van der Waals surface area contributed by atoms with Gasteiger partial charge in [0, 0.05) is 0 Å². The van der Waals surface area contributed by atoms with Crippen LogP contribution in [0.2, 0.25) is 0 Å². The molecular formula is C14H31NO2. The van der Waals surface area contributed by atoms with Gasteiger partial charge < -0.3 is 10.9 Å². The lowest BCUT2D eigenvalue weighted by atomic mass is 10.1. The predicted molar refractivity (Wildman–Crippen MR) is 73.5 cm³/mol. The Balaban J connectivity index is 0. The Hall–Kier alpha value is -0.570. The van der Waals surface area contributed by atoms with Crippen LogP contribution in [0.4, 0.5) is 0 Å². The summed E-state index contributed by atoms with van der Waals surface area (Å²) in [5.41, 5.74) is 0. The van der Waals surface area contributed by atoms with Crippen molar-refractivity contribution in [2.75, 3.05) is 6.61 Å². The fraction of sp³-hybridized carbons (Fsp3) is 0.929. The van der Waals surface area contributed by atoms with E-state index >= 15 is 0 Å². The monoisotopic (exact) mass is 245 g/mol. The molecule has 0 rings (SSSR count). The molecule has 17 heavy (non-hydrogen) atoms. The highest BCUT2D eigenvalue weighted by atomic mass is 16.5. The van der Waals surface area contributed by atoms with Gasteiger partial charge in [0.25, 0.3) is 6.47 Å². The summed E-state index contributed by atoms with van der Waals surface area (Å²) >= 11 is 0. The lowest BCUT2D eigenvalue weighted by molar-refractivity contribution is -0.128. The molecule has 3 heteroatoms. The van der Waals surface area contributed by atoms with Crippen molar-refractivity contribution in [3.63, 3.8) is 0 Å². The maximum Gasteiger partial charge on any atom is 0.293 e. The zero-order valence-electron chi connectivity index (χ0n) is 11.6. The van der Waals surface area contributed by atoms with E-state index in [0.717, 1.165) is 6.42 Å². The summed E-state index contributed by atoms with van der Waals surface area (Å²) in [4.78, 5) is 9.86. The fourth-order valence-electron chi connectivity index (χ4n) is 1.90. The van der Waals surface area contributed by atoms with Crippen LogP contribution < -0.4 is 6.15 Å². The Morgan fingerprint density at radius 1 is 0.765 bits per heavy atom. The average molecular weight is 245 g/mol. The molecule has 0 saturated carbocycles. The van der Waals surface area contributed by atoms with E-state index in [9.17, 15) is 4.79 Å². The summed E-state index contributed by atoms with van der Waals surface area (Å²) in [5, 5.41) is 0. The smallest absolute Gasteiger partial charge is 0.293 e. The third-order valence-corrected chi connectivity index (χ3v) is 2.93. The molecule has 0 heterocycles. The van der Waals surface area contributed by atoms with Crippen molar-refractivity contribution in [2.45, 2.75) is 77.6 Å². The molecule has 0 aliphatic carbocycles. The van der Waals surface area contributed by atoms with Gasteiger partial charge in [-0.3, -0.25) is 4.79 Å². The number of unbranched alkanes of at least 4 members (excludes halogenated alkanes) is 10. The van der Waals surface area contributed by atoms with Crippen LogP contribution in [-0.2, 0) is 9.53 Å². The predicted octanol–water partition coefficient (Wildman–Crippen LogP) is 4.63. The van der Waals surface area contributed by atoms with Gasteiger partial charge in [0.05, 0.1) is 6.61 Å². The summed E-state index contributed by atoms with van der Waals surface area (Å²) in [6, 6.07) is 0. The van der Waals surface area contributed by atoms with Crippen LogP contribution >= 0.6 is 0 Å². The van der Waals surface area contributed by atoms with Gasteiger partial charge in [-0.25, -0.2) is 0 Å². The van der Waals surface area contributed by atoms with Crippen LogP contribution in [0.5, 0.6) is 0 Å². The quantitative estimate of drug-likeness (QED) is 0.380. The summed E-state index contributed by atoms with van der Waals surface area (Å²) in [5.74, 6) is 0. The Morgan fingerprint density at radius 3 is 1.59 bits per heavy atom. The Morgan fingerprint density at radius 2 is 1.18 bits per heavy atom. The van der Waals surface area contributed by atoms with Crippen LogP contribution in [0.15, 0.2) is 0 Å². The molecule has 0 aromatic rings. The van der Waals surface area contributed by atoms with Crippen LogP contribution in [0.1, 0.15) is 77.6 Å². The highest BCUT2D eigenvalue weighted by molar-refractivity contribution is 5.36. The molecule has 0 radical (unpaired) electrons. The number of hydrogen-bond acceptors (Lipinski definition) is 3. The zero-order valence-corrected chi connectivity index (χ0v) is 11.6. The van der Waals surface area contributed by atoms with Crippen LogP contribution in [0, 0.1) is 0 Å². The molecule has 0 atom stereocenters. The van der Waals surface area contributed by atoms with E-state index in [1.165, 1.54) is 64.2 Å². The minimum atomic E-state index is 0. The summed E-state index contributed by atoms with van der Waals surface area (Å²) in [7, 11) is 0. The lowest BCUT2D eigenvalue weighted by Crippen LogP contribution is -1.91. The second kappa shape index (κ2) is 17.8. The van der Waals surface area contributed by atoms with E-state index in [4.69, 9.17) is 0 Å². The molecule has 0 aromatic heterocycles. The largest absolute Gasteiger partial charge is 0.468 e. The fourth-order valence-corrected chi connectivity index (χ4v) is 1.90. The lowest BCUT2D eigenvalue weighted by Gasteiger charge is -2.02. The zero-order chi connectivity index (χ0) is 11.9. The SMILES string of the molecule is CCCCCCCCCCCCCOC=O.N. The Bertz CT molecular complexity index is 140. The molecule has 0 saturated heterocycles. The molecule has 0 aliphatic rings. The normalized spacial score (nSPS) is 9.71. The van der Waals surface area contributed by atoms with E-state index in [-0.39, 0.29) is 6.15 Å². The van der Waals surface area contributed by atoms with Crippen LogP contribution in [0.3, 0.4) is 0 Å². The maximum atomic E-state index is 9.86. The van der Waals surface area contributed by atoms with E-state index in [1.807, 2.05) is 0 Å². The van der Waals surface area contributed by atoms with Crippen molar-refractivity contribution in [1.29, 1.82) is 0 Å². The van der Waals surface area contributed by atoms with Gasteiger partial charge in [0.2, 0.25) is 0 Å². The molecule has 0 amide bonds. The first-order valence-corrected chi connectivity index (χ1v) is 6.97. The number of carbonyl (C=O) groups excluding carboxylic acids is 1. The number of carbonyl (C=O) groups is 1. The van der Waals surface area contributed by atoms with Crippen molar-refractivity contribution in [3.8, 4) is 0 Å². The summed E-state index contributed by atoms with van der Waals surface area (Å²) < 4.78 is 4.64. The standard InChI is InChI=1S/C14H28O2.H3N/c1-2-3-4-5-6-7-8-9-10-11-12-13-16-14-15;/h14H,2-13H2,1H3;1H3. The van der Waals surface area contributed by atoms with Gasteiger partial charge in [-0.05, 0) is 6.42 Å². The van der Waals surface area contributed by atoms with E-state index < -0.39 is 0 Å². The molecule has 0 aromatic carbocycles. The van der Waals surface area contributed by atoms with E-state index in [2.05, 4.69) is 11.7 Å². The summed E-state index contributed by atoms with van der Waals surface area (Å²) in [6.07, 6.45) is 14.6. The van der Waals surface area contributed by atoms with Crippen molar-refractivity contribution < 1.29 is 9.53 Å². The van der Waals surface area contributed by atoms with Gasteiger partial charge in [0.15, 0.2) is 0 Å². The van der Waals surface area contributed by atoms with Gasteiger partial charge in [-0.15, -0.1) is 0 Å². The van der Waals surface area contributed by atoms with E-state index in [1.54, 1.807) is 0 Å². The first-order chi connectivity index (χ1) is 7.91. The first kappa shape index (κ1) is 18.8. The third kappa shape index (κ3) is 18.0. The van der Waals surface area contributed by atoms with Gasteiger partial charge in [-0.2, -0.15) is 0 Å². The highest BCUT2D eigenvalue weighted by Crippen LogP contribution is 2.11. The maximum absolute atomic E-state index is 9.86. The summed E-state index contributed by atoms with van der Waals surface area (Å²) in [6.45, 7) is 3.39. The molecular weight excluding hydrogens is 214 g/mol. The van der Waals surface area contributed by atoms with Crippen molar-refractivity contribution in [3.05, 3.63) is 0 Å². The number of ether oxygens (including phenoxy) is 1. The van der Waals surface area contributed by atoms with Crippen molar-refractivity contribution >= 4 is 6.47 Å². The molecule has 0 unspecified atom stereocenters.